The number of carbonyl (C=O) groups is 1. The van der Waals surface area contributed by atoms with Gasteiger partial charge in [-0.3, -0.25) is 9.48 Å². The van der Waals surface area contributed by atoms with Gasteiger partial charge in [0.25, 0.3) is 5.91 Å². The van der Waals surface area contributed by atoms with E-state index in [1.165, 1.54) is 17.7 Å². The third kappa shape index (κ3) is 6.08. The standard InChI is InChI=1S/C26H27ClFN5O2/c1-17-13-24(31-33(17)15-18-5-8-20(28)14-22(18)27)29-25(34)23-11-12-32(30-23)16-35-21-9-6-19(7-10-21)26(2,3)4/h5-14H,15-16H2,1-4H3,(H,29,31,34). The first-order valence-electron chi connectivity index (χ1n) is 11.1. The molecule has 2 aromatic heterocycles. The van der Waals surface area contributed by atoms with Crippen LogP contribution in [0.25, 0.3) is 0 Å². The van der Waals surface area contributed by atoms with E-state index in [1.807, 2.05) is 31.2 Å². The lowest BCUT2D eigenvalue weighted by atomic mass is 9.87. The van der Waals surface area contributed by atoms with Crippen molar-refractivity contribution in [2.24, 2.45) is 0 Å². The first-order chi connectivity index (χ1) is 16.6. The van der Waals surface area contributed by atoms with Crippen LogP contribution in [0, 0.1) is 12.7 Å². The second kappa shape index (κ2) is 9.92. The van der Waals surface area contributed by atoms with Crippen molar-refractivity contribution in [2.75, 3.05) is 5.32 Å². The summed E-state index contributed by atoms with van der Waals surface area (Å²) in [6.45, 7) is 8.86. The Balaban J connectivity index is 1.35. The largest absolute Gasteiger partial charge is 0.471 e. The Hall–Kier alpha value is -3.65. The van der Waals surface area contributed by atoms with Gasteiger partial charge in [0.2, 0.25) is 0 Å². The van der Waals surface area contributed by atoms with Gasteiger partial charge < -0.3 is 10.1 Å². The maximum atomic E-state index is 13.3. The fourth-order valence-electron chi connectivity index (χ4n) is 3.47. The van der Waals surface area contributed by atoms with Gasteiger partial charge in [-0.15, -0.1) is 0 Å². The fourth-order valence-corrected chi connectivity index (χ4v) is 3.70. The number of hydrogen-bond donors (Lipinski definition) is 1. The first-order valence-corrected chi connectivity index (χ1v) is 11.5. The number of ether oxygens (including phenoxy) is 1. The van der Waals surface area contributed by atoms with E-state index in [9.17, 15) is 9.18 Å². The van der Waals surface area contributed by atoms with E-state index in [-0.39, 0.29) is 23.7 Å². The number of carbonyl (C=O) groups excluding carboxylic acids is 1. The molecule has 182 valence electrons. The molecular weight excluding hydrogens is 469 g/mol. The summed E-state index contributed by atoms with van der Waals surface area (Å²) in [5, 5.41) is 11.8. The number of nitrogens with one attached hydrogen (secondary N) is 1. The van der Waals surface area contributed by atoms with Crippen LogP contribution in [-0.4, -0.2) is 25.5 Å². The molecular formula is C26H27ClFN5O2. The molecule has 0 aliphatic carbocycles. The normalized spacial score (nSPS) is 11.5. The van der Waals surface area contributed by atoms with Gasteiger partial charge in [-0.25, -0.2) is 9.07 Å². The van der Waals surface area contributed by atoms with E-state index in [1.54, 1.807) is 33.8 Å². The van der Waals surface area contributed by atoms with Crippen LogP contribution >= 0.6 is 11.6 Å². The van der Waals surface area contributed by atoms with E-state index < -0.39 is 5.82 Å². The van der Waals surface area contributed by atoms with Gasteiger partial charge in [-0.2, -0.15) is 10.2 Å². The molecule has 1 amide bonds. The fraction of sp³-hybridized carbons (Fsp3) is 0.269. The molecule has 0 bridgehead atoms. The zero-order chi connectivity index (χ0) is 25.2. The first kappa shape index (κ1) is 24.5. The molecule has 0 radical (unpaired) electrons. The van der Waals surface area contributed by atoms with E-state index in [0.717, 1.165) is 17.0 Å². The summed E-state index contributed by atoms with van der Waals surface area (Å²) in [7, 11) is 0. The second-order valence-corrected chi connectivity index (χ2v) is 9.71. The summed E-state index contributed by atoms with van der Waals surface area (Å²) in [5.41, 5.74) is 3.08. The Morgan fingerprint density at radius 3 is 2.51 bits per heavy atom. The number of anilines is 1. The van der Waals surface area contributed by atoms with Gasteiger partial charge >= 0.3 is 0 Å². The van der Waals surface area contributed by atoms with Crippen LogP contribution in [0.15, 0.2) is 60.8 Å². The molecule has 0 saturated carbocycles. The van der Waals surface area contributed by atoms with Crippen LogP contribution in [-0.2, 0) is 18.7 Å². The Morgan fingerprint density at radius 1 is 1.09 bits per heavy atom. The summed E-state index contributed by atoms with van der Waals surface area (Å²) in [5.74, 6) is 0.326. The average molecular weight is 496 g/mol. The maximum absolute atomic E-state index is 13.3. The van der Waals surface area contributed by atoms with E-state index >= 15 is 0 Å². The molecule has 1 N–H and O–H groups in total. The van der Waals surface area contributed by atoms with E-state index in [4.69, 9.17) is 16.3 Å². The van der Waals surface area contributed by atoms with Crippen molar-refractivity contribution < 1.29 is 13.9 Å². The number of aromatic nitrogens is 4. The number of hydrogen-bond acceptors (Lipinski definition) is 4. The third-order valence-corrected chi connectivity index (χ3v) is 5.87. The van der Waals surface area contributed by atoms with Gasteiger partial charge in [0.05, 0.1) is 6.54 Å². The summed E-state index contributed by atoms with van der Waals surface area (Å²) in [6.07, 6.45) is 1.68. The Labute approximate surface area is 208 Å². The highest BCUT2D eigenvalue weighted by Crippen LogP contribution is 2.24. The van der Waals surface area contributed by atoms with Gasteiger partial charge in [0.1, 0.15) is 11.6 Å². The van der Waals surface area contributed by atoms with Crippen LogP contribution in [0.2, 0.25) is 5.02 Å². The number of halogens is 2. The van der Waals surface area contributed by atoms with Crippen molar-refractivity contribution in [2.45, 2.75) is 46.4 Å². The highest BCUT2D eigenvalue weighted by molar-refractivity contribution is 6.31. The van der Waals surface area contributed by atoms with Gasteiger partial charge in [0, 0.05) is 23.0 Å². The van der Waals surface area contributed by atoms with Crippen molar-refractivity contribution in [1.82, 2.24) is 19.6 Å². The quantitative estimate of drug-likeness (QED) is 0.351. The smallest absolute Gasteiger partial charge is 0.277 e. The van der Waals surface area contributed by atoms with Gasteiger partial charge in [-0.05, 0) is 53.8 Å². The van der Waals surface area contributed by atoms with Crippen LogP contribution in [0.1, 0.15) is 48.1 Å². The number of aryl methyl sites for hydroxylation is 1. The zero-order valence-electron chi connectivity index (χ0n) is 20.0. The Bertz CT molecular complexity index is 1340. The number of amides is 1. The molecule has 9 heteroatoms. The molecule has 2 heterocycles. The maximum Gasteiger partial charge on any atom is 0.277 e. The lowest BCUT2D eigenvalue weighted by Gasteiger charge is -2.19. The molecule has 0 fully saturated rings. The van der Waals surface area contributed by atoms with Crippen molar-refractivity contribution in [3.63, 3.8) is 0 Å². The molecule has 4 aromatic rings. The van der Waals surface area contributed by atoms with Crippen molar-refractivity contribution >= 4 is 23.3 Å². The van der Waals surface area contributed by atoms with Crippen molar-refractivity contribution in [3.8, 4) is 5.75 Å². The minimum Gasteiger partial charge on any atom is -0.471 e. The predicted octanol–water partition coefficient (Wildman–Crippen LogP) is 5.82. The summed E-state index contributed by atoms with van der Waals surface area (Å²) >= 11 is 6.12. The van der Waals surface area contributed by atoms with Crippen LogP contribution in [0.5, 0.6) is 5.75 Å². The van der Waals surface area contributed by atoms with E-state index in [2.05, 4.69) is 36.3 Å². The molecule has 35 heavy (non-hydrogen) atoms. The van der Waals surface area contributed by atoms with Crippen molar-refractivity contribution in [3.05, 3.63) is 94.1 Å². The highest BCUT2D eigenvalue weighted by Gasteiger charge is 2.15. The molecule has 0 aliphatic heterocycles. The Morgan fingerprint density at radius 2 is 1.83 bits per heavy atom. The molecule has 0 atom stereocenters. The van der Waals surface area contributed by atoms with Crippen molar-refractivity contribution in [1.29, 1.82) is 0 Å². The predicted molar refractivity (Wildman–Crippen MR) is 133 cm³/mol. The Kier molecular flexibility index (Phi) is 6.93. The topological polar surface area (TPSA) is 74.0 Å². The molecule has 0 aliphatic rings. The second-order valence-electron chi connectivity index (χ2n) is 9.31. The number of benzene rings is 2. The average Bonchev–Trinajstić information content (AvgIpc) is 3.40. The molecule has 7 nitrogen and oxygen atoms in total. The lowest BCUT2D eigenvalue weighted by Crippen LogP contribution is -2.15. The van der Waals surface area contributed by atoms with Gasteiger partial charge in [0.15, 0.2) is 18.2 Å². The highest BCUT2D eigenvalue weighted by atomic mass is 35.5. The molecule has 2 aromatic carbocycles. The van der Waals surface area contributed by atoms with Crippen LogP contribution in [0.3, 0.4) is 0 Å². The molecule has 0 saturated heterocycles. The molecule has 0 unspecified atom stereocenters. The number of rotatable bonds is 7. The minimum absolute atomic E-state index is 0.0746. The lowest BCUT2D eigenvalue weighted by molar-refractivity contribution is 0.101. The van der Waals surface area contributed by atoms with Crippen LogP contribution in [0.4, 0.5) is 10.2 Å². The summed E-state index contributed by atoms with van der Waals surface area (Å²) < 4.78 is 22.3. The SMILES string of the molecule is Cc1cc(NC(=O)c2ccn(COc3ccc(C(C)(C)C)cc3)n2)nn1Cc1ccc(F)cc1Cl. The third-order valence-electron chi connectivity index (χ3n) is 5.52. The van der Waals surface area contributed by atoms with Gasteiger partial charge in [-0.1, -0.05) is 50.6 Å². The monoisotopic (exact) mass is 495 g/mol. The van der Waals surface area contributed by atoms with E-state index in [0.29, 0.717) is 17.4 Å². The summed E-state index contributed by atoms with van der Waals surface area (Å²) in [6, 6.07) is 15.5. The summed E-state index contributed by atoms with van der Waals surface area (Å²) in [4.78, 5) is 12.7. The minimum atomic E-state index is -0.396. The molecule has 4 rings (SSSR count). The molecule has 0 spiro atoms. The number of nitrogens with zero attached hydrogens (tertiary/aromatic N) is 4. The zero-order valence-corrected chi connectivity index (χ0v) is 20.8. The van der Waals surface area contributed by atoms with Crippen LogP contribution < -0.4 is 10.1 Å².